The molecule has 0 amide bonds. The lowest BCUT2D eigenvalue weighted by Crippen LogP contribution is -2.29. The van der Waals surface area contributed by atoms with Crippen molar-refractivity contribution in [1.82, 2.24) is 10.6 Å². The Bertz CT molecular complexity index is 256. The minimum Gasteiger partial charge on any atom is -0.388 e. The van der Waals surface area contributed by atoms with Crippen LogP contribution >= 0.6 is 0 Å². The fourth-order valence-electron chi connectivity index (χ4n) is 1.43. The van der Waals surface area contributed by atoms with Gasteiger partial charge < -0.3 is 16.0 Å². The van der Waals surface area contributed by atoms with E-state index in [1.54, 1.807) is 0 Å². The number of hydrogen-bond acceptors (Lipinski definition) is 3. The Balaban J connectivity index is 2.96. The van der Waals surface area contributed by atoms with Gasteiger partial charge in [0.15, 0.2) is 0 Å². The molecule has 0 bridgehead atoms. The molecule has 0 fully saturated rings. The van der Waals surface area contributed by atoms with Crippen LogP contribution in [0.25, 0.3) is 0 Å². The lowest BCUT2D eigenvalue weighted by atomic mass is 10.1. The summed E-state index contributed by atoms with van der Waals surface area (Å²) in [7, 11) is 5.81. The summed E-state index contributed by atoms with van der Waals surface area (Å²) >= 11 is 0. The van der Waals surface area contributed by atoms with Gasteiger partial charge in [-0.1, -0.05) is 18.2 Å². The fraction of sp³-hybridized carbons (Fsp3) is 0.400. The molecule has 0 saturated carbocycles. The average Bonchev–Trinajstić information content (AvgIpc) is 2.20. The first-order valence-electron chi connectivity index (χ1n) is 4.44. The van der Waals surface area contributed by atoms with Gasteiger partial charge in [-0.15, -0.1) is 0 Å². The summed E-state index contributed by atoms with van der Waals surface area (Å²) in [5.41, 5.74) is 2.38. The van der Waals surface area contributed by atoms with E-state index < -0.39 is 0 Å². The monoisotopic (exact) mass is 179 g/mol. The molecule has 1 aromatic carbocycles. The molecule has 0 radical (unpaired) electrons. The number of hydrogen-bond donors (Lipinski definition) is 3. The van der Waals surface area contributed by atoms with E-state index in [1.165, 1.54) is 5.56 Å². The Hall–Kier alpha value is -1.06. The Morgan fingerprint density at radius 1 is 1.00 bits per heavy atom. The number of rotatable bonds is 4. The first kappa shape index (κ1) is 10.0. The molecule has 0 heterocycles. The predicted octanol–water partition coefficient (Wildman–Crippen LogP) is 1.17. The van der Waals surface area contributed by atoms with Gasteiger partial charge in [-0.2, -0.15) is 0 Å². The van der Waals surface area contributed by atoms with Crippen LogP contribution in [0, 0.1) is 0 Å². The predicted molar refractivity (Wildman–Crippen MR) is 56.8 cm³/mol. The van der Waals surface area contributed by atoms with Crippen LogP contribution in [-0.2, 0) is 0 Å². The van der Waals surface area contributed by atoms with Crippen molar-refractivity contribution < 1.29 is 0 Å². The van der Waals surface area contributed by atoms with E-state index in [4.69, 9.17) is 0 Å². The summed E-state index contributed by atoms with van der Waals surface area (Å²) in [4.78, 5) is 0. The quantitative estimate of drug-likeness (QED) is 0.607. The second-order valence-corrected chi connectivity index (χ2v) is 2.85. The van der Waals surface area contributed by atoms with Gasteiger partial charge in [0.1, 0.15) is 0 Å². The van der Waals surface area contributed by atoms with E-state index in [-0.39, 0.29) is 6.17 Å². The van der Waals surface area contributed by atoms with Crippen molar-refractivity contribution in [2.45, 2.75) is 6.17 Å². The molecule has 0 spiro atoms. The average molecular weight is 179 g/mol. The van der Waals surface area contributed by atoms with Crippen molar-refractivity contribution in [3.8, 4) is 0 Å². The summed E-state index contributed by atoms with van der Waals surface area (Å²) in [6, 6.07) is 8.23. The zero-order chi connectivity index (χ0) is 9.68. The lowest BCUT2D eigenvalue weighted by Gasteiger charge is -2.18. The highest BCUT2D eigenvalue weighted by Crippen LogP contribution is 2.19. The molecular weight excluding hydrogens is 162 g/mol. The highest BCUT2D eigenvalue weighted by Gasteiger charge is 2.08. The van der Waals surface area contributed by atoms with Crippen molar-refractivity contribution in [1.29, 1.82) is 0 Å². The smallest absolute Gasteiger partial charge is 0.0850 e. The van der Waals surface area contributed by atoms with Crippen LogP contribution in [-0.4, -0.2) is 21.1 Å². The lowest BCUT2D eigenvalue weighted by molar-refractivity contribution is 0.521. The third-order valence-corrected chi connectivity index (χ3v) is 2.12. The molecule has 0 aliphatic rings. The van der Waals surface area contributed by atoms with Crippen LogP contribution in [0.1, 0.15) is 11.7 Å². The molecule has 1 rings (SSSR count). The normalized spacial score (nSPS) is 10.5. The van der Waals surface area contributed by atoms with Gasteiger partial charge in [0, 0.05) is 18.3 Å². The van der Waals surface area contributed by atoms with Crippen LogP contribution in [0.15, 0.2) is 24.3 Å². The van der Waals surface area contributed by atoms with Gasteiger partial charge in [-0.3, -0.25) is 0 Å². The molecule has 0 aliphatic carbocycles. The summed E-state index contributed by atoms with van der Waals surface area (Å²) < 4.78 is 0. The standard InChI is InChI=1S/C10H17N3/c1-11-9-7-5-4-6-8(9)10(12-2)13-3/h4-7,10-13H,1-3H3. The van der Waals surface area contributed by atoms with Gasteiger partial charge in [0.05, 0.1) is 6.17 Å². The van der Waals surface area contributed by atoms with E-state index >= 15 is 0 Å². The molecule has 0 aromatic heterocycles. The Labute approximate surface area is 79.5 Å². The maximum Gasteiger partial charge on any atom is 0.0850 e. The van der Waals surface area contributed by atoms with Crippen LogP contribution in [0.2, 0.25) is 0 Å². The van der Waals surface area contributed by atoms with Crippen molar-refractivity contribution in [2.75, 3.05) is 26.5 Å². The molecule has 0 atom stereocenters. The summed E-state index contributed by atoms with van der Waals surface area (Å²) in [5, 5.41) is 9.55. The van der Waals surface area contributed by atoms with Gasteiger partial charge >= 0.3 is 0 Å². The van der Waals surface area contributed by atoms with Crippen molar-refractivity contribution in [3.05, 3.63) is 29.8 Å². The molecule has 3 heteroatoms. The zero-order valence-electron chi connectivity index (χ0n) is 8.39. The topological polar surface area (TPSA) is 36.1 Å². The Morgan fingerprint density at radius 3 is 2.15 bits per heavy atom. The zero-order valence-corrected chi connectivity index (χ0v) is 8.39. The first-order valence-corrected chi connectivity index (χ1v) is 4.44. The van der Waals surface area contributed by atoms with Gasteiger partial charge in [-0.05, 0) is 20.2 Å². The summed E-state index contributed by atoms with van der Waals surface area (Å²) in [6.45, 7) is 0. The molecule has 3 nitrogen and oxygen atoms in total. The van der Waals surface area contributed by atoms with Crippen molar-refractivity contribution in [3.63, 3.8) is 0 Å². The molecule has 0 saturated heterocycles. The highest BCUT2D eigenvalue weighted by molar-refractivity contribution is 5.51. The van der Waals surface area contributed by atoms with Crippen molar-refractivity contribution >= 4 is 5.69 Å². The molecule has 3 N–H and O–H groups in total. The van der Waals surface area contributed by atoms with E-state index in [2.05, 4.69) is 28.1 Å². The number of benzene rings is 1. The van der Waals surface area contributed by atoms with E-state index in [0.717, 1.165) is 5.69 Å². The number of nitrogens with one attached hydrogen (secondary N) is 3. The molecule has 0 aliphatic heterocycles. The molecule has 1 aromatic rings. The van der Waals surface area contributed by atoms with Crippen molar-refractivity contribution in [2.24, 2.45) is 0 Å². The third kappa shape index (κ3) is 2.20. The number of para-hydroxylation sites is 1. The van der Waals surface area contributed by atoms with E-state index in [0.29, 0.717) is 0 Å². The second-order valence-electron chi connectivity index (χ2n) is 2.85. The first-order chi connectivity index (χ1) is 6.33. The minimum absolute atomic E-state index is 0.198. The van der Waals surface area contributed by atoms with Gasteiger partial charge in [-0.25, -0.2) is 0 Å². The van der Waals surface area contributed by atoms with Crippen LogP contribution in [0.4, 0.5) is 5.69 Å². The number of anilines is 1. The Kier molecular flexibility index (Phi) is 3.73. The van der Waals surface area contributed by atoms with Gasteiger partial charge in [0.25, 0.3) is 0 Å². The Morgan fingerprint density at radius 2 is 1.62 bits per heavy atom. The third-order valence-electron chi connectivity index (χ3n) is 2.12. The fourth-order valence-corrected chi connectivity index (χ4v) is 1.43. The van der Waals surface area contributed by atoms with Gasteiger partial charge in [0.2, 0.25) is 0 Å². The molecule has 72 valence electrons. The maximum absolute atomic E-state index is 3.19. The van der Waals surface area contributed by atoms with Crippen LogP contribution < -0.4 is 16.0 Å². The molecule has 13 heavy (non-hydrogen) atoms. The maximum atomic E-state index is 3.19. The van der Waals surface area contributed by atoms with E-state index in [1.807, 2.05) is 33.3 Å². The SMILES string of the molecule is CNc1ccccc1C(NC)NC. The molecule has 0 unspecified atom stereocenters. The largest absolute Gasteiger partial charge is 0.388 e. The summed E-state index contributed by atoms with van der Waals surface area (Å²) in [5.74, 6) is 0. The summed E-state index contributed by atoms with van der Waals surface area (Å²) in [6.07, 6.45) is 0.198. The minimum atomic E-state index is 0.198. The highest BCUT2D eigenvalue weighted by atomic mass is 15.1. The van der Waals surface area contributed by atoms with Crippen LogP contribution in [0.3, 0.4) is 0 Å². The molecular formula is C10H17N3. The van der Waals surface area contributed by atoms with E-state index in [9.17, 15) is 0 Å². The van der Waals surface area contributed by atoms with Crippen LogP contribution in [0.5, 0.6) is 0 Å². The second kappa shape index (κ2) is 4.84.